The Labute approximate surface area is 231 Å². The second-order valence-electron chi connectivity index (χ2n) is 9.29. The van der Waals surface area contributed by atoms with Gasteiger partial charge in [0, 0.05) is 41.9 Å². The van der Waals surface area contributed by atoms with Crippen molar-refractivity contribution in [3.05, 3.63) is 69.8 Å². The van der Waals surface area contributed by atoms with Gasteiger partial charge >= 0.3 is 0 Å². The lowest BCUT2D eigenvalue weighted by atomic mass is 9.77. The molecule has 2 aliphatic rings. The molecule has 4 atom stereocenters. The van der Waals surface area contributed by atoms with Crippen molar-refractivity contribution in [2.75, 3.05) is 34.0 Å². The van der Waals surface area contributed by atoms with Gasteiger partial charge in [-0.3, -0.25) is 14.4 Å². The Hall–Kier alpha value is -3.44. The number of methoxy groups -OCH3 is 2. The third kappa shape index (κ3) is 5.94. The van der Waals surface area contributed by atoms with Crippen molar-refractivity contribution in [2.24, 2.45) is 0 Å². The van der Waals surface area contributed by atoms with Gasteiger partial charge in [0.15, 0.2) is 11.5 Å². The highest BCUT2D eigenvalue weighted by Gasteiger charge is 2.51. The zero-order valence-corrected chi connectivity index (χ0v) is 22.4. The number of ether oxygens (including phenoxy) is 3. The number of benzene rings is 2. The number of carbonyl (C=O) groups excluding carboxylic acids is 3. The van der Waals surface area contributed by atoms with Gasteiger partial charge < -0.3 is 34.6 Å². The monoisotopic (exact) mass is 558 g/mol. The second-order valence-corrected chi connectivity index (χ2v) is 9.73. The van der Waals surface area contributed by atoms with E-state index in [1.165, 1.54) is 25.2 Å². The van der Waals surface area contributed by atoms with E-state index in [1.54, 1.807) is 36.4 Å². The second kappa shape index (κ2) is 12.6. The number of rotatable bonds is 11. The van der Waals surface area contributed by atoms with Crippen LogP contribution in [0.3, 0.4) is 0 Å². The zero-order valence-electron chi connectivity index (χ0n) is 21.6. The highest BCUT2D eigenvalue weighted by Crippen LogP contribution is 2.51. The van der Waals surface area contributed by atoms with Crippen LogP contribution < -0.4 is 14.8 Å². The number of amides is 2. The van der Waals surface area contributed by atoms with Crippen LogP contribution in [0.25, 0.3) is 0 Å². The van der Waals surface area contributed by atoms with E-state index < -0.39 is 30.1 Å². The third-order valence-corrected chi connectivity index (χ3v) is 7.13. The maximum absolute atomic E-state index is 13.4. The minimum absolute atomic E-state index is 0.00739. The number of aliphatic hydroxyl groups excluding tert-OH is 2. The van der Waals surface area contributed by atoms with Gasteiger partial charge in [0.1, 0.15) is 18.5 Å². The molecule has 1 aliphatic carbocycles. The van der Waals surface area contributed by atoms with Crippen molar-refractivity contribution in [2.45, 2.75) is 37.1 Å². The van der Waals surface area contributed by atoms with Gasteiger partial charge in [0.05, 0.1) is 38.7 Å². The fourth-order valence-electron chi connectivity index (χ4n) is 5.04. The van der Waals surface area contributed by atoms with Crippen LogP contribution in [0.15, 0.2) is 48.0 Å². The maximum Gasteiger partial charge on any atom is 0.247 e. The summed E-state index contributed by atoms with van der Waals surface area (Å²) in [5.41, 5.74) is 1.85. The summed E-state index contributed by atoms with van der Waals surface area (Å²) in [5, 5.41) is 24.1. The summed E-state index contributed by atoms with van der Waals surface area (Å²) in [6.07, 6.45) is 0.0929. The predicted octanol–water partition coefficient (Wildman–Crippen LogP) is 1.85. The Morgan fingerprint density at radius 1 is 1.21 bits per heavy atom. The Bertz CT molecular complexity index is 1250. The Balaban J connectivity index is 1.80. The first kappa shape index (κ1) is 28.6. The summed E-state index contributed by atoms with van der Waals surface area (Å²) in [5.74, 6) is -0.925. The molecular formula is C28H31ClN2O8. The quantitative estimate of drug-likeness (QED) is 0.356. The van der Waals surface area contributed by atoms with E-state index in [0.29, 0.717) is 28.2 Å². The first-order valence-corrected chi connectivity index (χ1v) is 12.9. The minimum Gasteiger partial charge on any atom is -0.493 e. The van der Waals surface area contributed by atoms with E-state index in [9.17, 15) is 24.6 Å². The number of nitrogens with zero attached hydrogens (tertiary/aromatic N) is 1. The Morgan fingerprint density at radius 3 is 2.59 bits per heavy atom. The summed E-state index contributed by atoms with van der Waals surface area (Å²) < 4.78 is 16.7. The van der Waals surface area contributed by atoms with E-state index in [2.05, 4.69) is 5.32 Å². The van der Waals surface area contributed by atoms with Gasteiger partial charge in [-0.15, -0.1) is 0 Å². The van der Waals surface area contributed by atoms with Crippen molar-refractivity contribution in [1.29, 1.82) is 0 Å². The molecule has 2 aromatic rings. The lowest BCUT2D eigenvalue weighted by Gasteiger charge is -2.40. The standard InChI is InChI=1S/C28H31ClN2O8/c1-37-10-7-23(34)31(14-16-3-5-18(29)6-4-16)21-13-20(28(36)30-8-9-32)24-19-11-17(15-33)12-22(38-2)26(19)39-27(24)25(21)35/h3-6,11-13,15,21,24-25,27,32,35H,7-10,14H2,1-2H3,(H,30,36). The first-order valence-electron chi connectivity index (χ1n) is 12.5. The van der Waals surface area contributed by atoms with Gasteiger partial charge in [-0.1, -0.05) is 23.7 Å². The maximum atomic E-state index is 13.4. The topological polar surface area (TPSA) is 135 Å². The molecule has 0 radical (unpaired) electrons. The molecule has 208 valence electrons. The van der Waals surface area contributed by atoms with E-state index >= 15 is 0 Å². The Morgan fingerprint density at radius 2 is 1.95 bits per heavy atom. The summed E-state index contributed by atoms with van der Waals surface area (Å²) in [7, 11) is 2.92. The van der Waals surface area contributed by atoms with Gasteiger partial charge in [0.25, 0.3) is 0 Å². The molecule has 0 saturated heterocycles. The van der Waals surface area contributed by atoms with Gasteiger partial charge in [-0.2, -0.15) is 0 Å². The number of halogens is 1. The molecule has 3 N–H and O–H groups in total. The molecule has 39 heavy (non-hydrogen) atoms. The fraction of sp³-hybridized carbons (Fsp3) is 0.393. The van der Waals surface area contributed by atoms with Gasteiger partial charge in [-0.25, -0.2) is 0 Å². The molecule has 1 aliphatic heterocycles. The summed E-state index contributed by atoms with van der Waals surface area (Å²) in [6.45, 7) is 0.0411. The molecule has 0 spiro atoms. The normalized spacial score (nSPS) is 21.2. The summed E-state index contributed by atoms with van der Waals surface area (Å²) in [4.78, 5) is 39.9. The summed E-state index contributed by atoms with van der Waals surface area (Å²) >= 11 is 6.04. The van der Waals surface area contributed by atoms with Crippen molar-refractivity contribution in [3.63, 3.8) is 0 Å². The van der Waals surface area contributed by atoms with E-state index in [0.717, 1.165) is 5.56 Å². The molecule has 10 nitrogen and oxygen atoms in total. The fourth-order valence-corrected chi connectivity index (χ4v) is 5.16. The molecule has 0 bridgehead atoms. The van der Waals surface area contributed by atoms with Crippen molar-refractivity contribution in [1.82, 2.24) is 10.2 Å². The van der Waals surface area contributed by atoms with E-state index in [1.807, 2.05) is 0 Å². The minimum atomic E-state index is -1.24. The molecule has 11 heteroatoms. The molecule has 1 heterocycles. The number of aldehydes is 1. The number of carbonyl (C=O) groups is 3. The Kier molecular flexibility index (Phi) is 9.24. The molecule has 4 unspecified atom stereocenters. The zero-order chi connectivity index (χ0) is 28.1. The van der Waals surface area contributed by atoms with Crippen LogP contribution in [0.2, 0.25) is 5.02 Å². The summed E-state index contributed by atoms with van der Waals surface area (Å²) in [6, 6.07) is 9.16. The van der Waals surface area contributed by atoms with Crippen LogP contribution in [-0.4, -0.2) is 85.4 Å². The van der Waals surface area contributed by atoms with Crippen LogP contribution in [0, 0.1) is 0 Å². The number of hydrogen-bond donors (Lipinski definition) is 3. The number of hydrogen-bond acceptors (Lipinski definition) is 8. The van der Waals surface area contributed by atoms with Crippen molar-refractivity contribution in [3.8, 4) is 11.5 Å². The molecule has 0 saturated carbocycles. The molecule has 0 aromatic heterocycles. The molecular weight excluding hydrogens is 528 g/mol. The van der Waals surface area contributed by atoms with Crippen LogP contribution in [0.5, 0.6) is 11.5 Å². The third-order valence-electron chi connectivity index (χ3n) is 6.88. The van der Waals surface area contributed by atoms with E-state index in [4.69, 9.17) is 25.8 Å². The molecule has 4 rings (SSSR count). The lowest BCUT2D eigenvalue weighted by Crippen LogP contribution is -2.55. The molecule has 2 aromatic carbocycles. The average molecular weight is 559 g/mol. The van der Waals surface area contributed by atoms with Crippen molar-refractivity contribution >= 4 is 29.7 Å². The van der Waals surface area contributed by atoms with Gasteiger partial charge in [-0.05, 0) is 35.9 Å². The van der Waals surface area contributed by atoms with Crippen LogP contribution in [0.1, 0.15) is 33.8 Å². The average Bonchev–Trinajstić information content (AvgIpc) is 3.34. The van der Waals surface area contributed by atoms with Crippen LogP contribution in [0.4, 0.5) is 0 Å². The predicted molar refractivity (Wildman–Crippen MR) is 142 cm³/mol. The molecule has 2 amide bonds. The first-order chi connectivity index (χ1) is 18.8. The number of nitrogens with one attached hydrogen (secondary N) is 1. The highest BCUT2D eigenvalue weighted by atomic mass is 35.5. The van der Waals surface area contributed by atoms with E-state index in [-0.39, 0.29) is 50.0 Å². The molecule has 0 fully saturated rings. The lowest BCUT2D eigenvalue weighted by molar-refractivity contribution is -0.139. The largest absolute Gasteiger partial charge is 0.493 e. The van der Waals surface area contributed by atoms with Crippen LogP contribution in [-0.2, 0) is 20.9 Å². The van der Waals surface area contributed by atoms with Crippen molar-refractivity contribution < 1.29 is 38.8 Å². The number of fused-ring (bicyclic) bond motifs is 3. The SMILES string of the molecule is COCCC(=O)N(Cc1ccc(Cl)cc1)C1C=C(C(=O)NCCO)C2c3cc(C=O)cc(OC)c3OC2C1O. The highest BCUT2D eigenvalue weighted by molar-refractivity contribution is 6.30. The van der Waals surface area contributed by atoms with Crippen LogP contribution >= 0.6 is 11.6 Å². The van der Waals surface area contributed by atoms with Gasteiger partial charge in [0.2, 0.25) is 11.8 Å². The smallest absolute Gasteiger partial charge is 0.247 e. The number of aliphatic hydroxyl groups is 2.